The maximum Gasteiger partial charge on any atom is 0.279 e. The van der Waals surface area contributed by atoms with Crippen molar-refractivity contribution in [2.45, 2.75) is 6.54 Å². The SMILES string of the molecule is O=C(c1ccccn1)N(Cc1cnc[nH]1)c1nc2ccc(F)cc2s1. The number of carbonyl (C=O) groups excluding carboxylic acids is 1. The number of aromatic amines is 1. The predicted molar refractivity (Wildman–Crippen MR) is 92.9 cm³/mol. The number of fused-ring (bicyclic) bond motifs is 1. The van der Waals surface area contributed by atoms with Crippen LogP contribution in [0.2, 0.25) is 0 Å². The summed E-state index contributed by atoms with van der Waals surface area (Å²) in [7, 11) is 0. The number of amides is 1. The summed E-state index contributed by atoms with van der Waals surface area (Å²) < 4.78 is 14.1. The van der Waals surface area contributed by atoms with E-state index in [2.05, 4.69) is 19.9 Å². The van der Waals surface area contributed by atoms with Gasteiger partial charge in [-0.05, 0) is 30.3 Å². The van der Waals surface area contributed by atoms with Crippen molar-refractivity contribution in [2.75, 3.05) is 4.90 Å². The van der Waals surface area contributed by atoms with Crippen LogP contribution in [0.25, 0.3) is 10.2 Å². The molecule has 0 unspecified atom stereocenters. The molecule has 124 valence electrons. The molecule has 0 radical (unpaired) electrons. The van der Waals surface area contributed by atoms with Gasteiger partial charge >= 0.3 is 0 Å². The standard InChI is InChI=1S/C17H12FN5OS/c18-11-4-5-13-15(7-11)25-17(22-13)23(9-12-8-19-10-21-12)16(24)14-3-1-2-6-20-14/h1-8,10H,9H2,(H,19,21). The molecule has 8 heteroatoms. The number of nitrogens with zero attached hydrogens (tertiary/aromatic N) is 4. The molecule has 4 rings (SSSR count). The summed E-state index contributed by atoms with van der Waals surface area (Å²) in [5, 5.41) is 0.478. The molecular formula is C17H12FN5OS. The van der Waals surface area contributed by atoms with Crippen molar-refractivity contribution in [3.63, 3.8) is 0 Å². The predicted octanol–water partition coefficient (Wildman–Crippen LogP) is 3.40. The first kappa shape index (κ1) is 15.4. The fourth-order valence-electron chi connectivity index (χ4n) is 2.40. The number of hydrogen-bond acceptors (Lipinski definition) is 5. The second-order valence-corrected chi connectivity index (χ2v) is 6.30. The van der Waals surface area contributed by atoms with E-state index in [-0.39, 0.29) is 18.3 Å². The van der Waals surface area contributed by atoms with Gasteiger partial charge in [0.15, 0.2) is 5.13 Å². The number of thiazole rings is 1. The number of nitrogens with one attached hydrogen (secondary N) is 1. The van der Waals surface area contributed by atoms with Crippen LogP contribution in [0.1, 0.15) is 16.2 Å². The van der Waals surface area contributed by atoms with E-state index in [1.54, 1.807) is 43.0 Å². The first-order valence-corrected chi connectivity index (χ1v) is 8.28. The molecule has 0 aliphatic heterocycles. The quantitative estimate of drug-likeness (QED) is 0.610. The van der Waals surface area contributed by atoms with E-state index < -0.39 is 0 Å². The zero-order chi connectivity index (χ0) is 17.2. The third kappa shape index (κ3) is 3.11. The smallest absolute Gasteiger partial charge is 0.279 e. The lowest BCUT2D eigenvalue weighted by Crippen LogP contribution is -2.31. The van der Waals surface area contributed by atoms with Gasteiger partial charge in [-0.3, -0.25) is 14.7 Å². The van der Waals surface area contributed by atoms with Crippen LogP contribution in [0.5, 0.6) is 0 Å². The van der Waals surface area contributed by atoms with E-state index in [0.29, 0.717) is 21.0 Å². The van der Waals surface area contributed by atoms with Crippen molar-refractivity contribution >= 4 is 32.6 Å². The summed E-state index contributed by atoms with van der Waals surface area (Å²) in [4.78, 5) is 30.0. The summed E-state index contributed by atoms with van der Waals surface area (Å²) in [6, 6.07) is 9.51. The van der Waals surface area contributed by atoms with Gasteiger partial charge < -0.3 is 4.98 Å². The van der Waals surface area contributed by atoms with Crippen LogP contribution >= 0.6 is 11.3 Å². The number of benzene rings is 1. The van der Waals surface area contributed by atoms with Gasteiger partial charge in [-0.1, -0.05) is 17.4 Å². The third-order valence-corrected chi connectivity index (χ3v) is 4.62. The largest absolute Gasteiger partial charge is 0.347 e. The molecule has 0 spiro atoms. The Morgan fingerprint density at radius 1 is 1.28 bits per heavy atom. The molecule has 4 aromatic rings. The van der Waals surface area contributed by atoms with Gasteiger partial charge in [0.25, 0.3) is 5.91 Å². The number of rotatable bonds is 4. The first-order valence-electron chi connectivity index (χ1n) is 7.47. The molecule has 3 heterocycles. The van der Waals surface area contributed by atoms with Gasteiger partial charge in [0.05, 0.1) is 28.8 Å². The second-order valence-electron chi connectivity index (χ2n) is 5.29. The molecule has 1 N–H and O–H groups in total. The van der Waals surface area contributed by atoms with Crippen molar-refractivity contribution < 1.29 is 9.18 Å². The minimum absolute atomic E-state index is 0.262. The van der Waals surface area contributed by atoms with Crippen LogP contribution in [-0.4, -0.2) is 25.8 Å². The molecular weight excluding hydrogens is 341 g/mol. The topological polar surface area (TPSA) is 74.8 Å². The van der Waals surface area contributed by atoms with Gasteiger partial charge in [-0.25, -0.2) is 14.4 Å². The Labute approximate surface area is 146 Å². The molecule has 6 nitrogen and oxygen atoms in total. The number of pyridine rings is 1. The van der Waals surface area contributed by atoms with E-state index in [4.69, 9.17) is 0 Å². The van der Waals surface area contributed by atoms with E-state index in [9.17, 15) is 9.18 Å². The van der Waals surface area contributed by atoms with E-state index in [1.165, 1.54) is 28.4 Å². The van der Waals surface area contributed by atoms with Crippen molar-refractivity contribution in [2.24, 2.45) is 0 Å². The third-order valence-electron chi connectivity index (χ3n) is 3.58. The zero-order valence-corrected chi connectivity index (χ0v) is 13.7. The maximum absolute atomic E-state index is 13.5. The number of hydrogen-bond donors (Lipinski definition) is 1. The fourth-order valence-corrected chi connectivity index (χ4v) is 3.39. The Morgan fingerprint density at radius 2 is 2.20 bits per heavy atom. The van der Waals surface area contributed by atoms with Crippen molar-refractivity contribution in [1.82, 2.24) is 19.9 Å². The number of halogens is 1. The summed E-state index contributed by atoms with van der Waals surface area (Å²) in [5.74, 6) is -0.617. The normalized spacial score (nSPS) is 10.9. The van der Waals surface area contributed by atoms with Crippen LogP contribution in [0.3, 0.4) is 0 Å². The minimum Gasteiger partial charge on any atom is -0.347 e. The summed E-state index contributed by atoms with van der Waals surface area (Å²) in [6.07, 6.45) is 4.76. The average molecular weight is 353 g/mol. The molecule has 0 aliphatic carbocycles. The molecule has 3 aromatic heterocycles. The van der Waals surface area contributed by atoms with Crippen LogP contribution in [0.15, 0.2) is 55.1 Å². The van der Waals surface area contributed by atoms with Crippen LogP contribution in [0.4, 0.5) is 9.52 Å². The monoisotopic (exact) mass is 353 g/mol. The second kappa shape index (κ2) is 6.40. The number of carbonyl (C=O) groups is 1. The lowest BCUT2D eigenvalue weighted by molar-refractivity contribution is 0.0980. The average Bonchev–Trinajstić information content (AvgIpc) is 3.28. The molecule has 0 aliphatic rings. The van der Waals surface area contributed by atoms with Gasteiger partial charge in [0.1, 0.15) is 11.5 Å². The number of aromatic nitrogens is 4. The summed E-state index contributed by atoms with van der Waals surface area (Å²) in [6.45, 7) is 0.262. The lowest BCUT2D eigenvalue weighted by Gasteiger charge is -2.18. The van der Waals surface area contributed by atoms with Gasteiger partial charge in [0.2, 0.25) is 0 Å². The van der Waals surface area contributed by atoms with Crippen molar-refractivity contribution in [3.05, 3.63) is 72.3 Å². The first-order chi connectivity index (χ1) is 12.2. The number of anilines is 1. The highest BCUT2D eigenvalue weighted by Crippen LogP contribution is 2.30. The highest BCUT2D eigenvalue weighted by atomic mass is 32.1. The number of imidazole rings is 1. The Balaban J connectivity index is 1.77. The molecule has 1 aromatic carbocycles. The Bertz CT molecular complexity index is 1020. The van der Waals surface area contributed by atoms with E-state index in [1.807, 2.05) is 0 Å². The molecule has 0 saturated carbocycles. The minimum atomic E-state index is -0.334. The Hall–Kier alpha value is -3.13. The molecule has 0 atom stereocenters. The zero-order valence-electron chi connectivity index (χ0n) is 12.9. The fraction of sp³-hybridized carbons (Fsp3) is 0.0588. The van der Waals surface area contributed by atoms with Gasteiger partial charge in [-0.2, -0.15) is 0 Å². The lowest BCUT2D eigenvalue weighted by atomic mass is 10.3. The Kier molecular flexibility index (Phi) is 3.95. The van der Waals surface area contributed by atoms with Gasteiger partial charge in [0, 0.05) is 12.4 Å². The molecule has 25 heavy (non-hydrogen) atoms. The van der Waals surface area contributed by atoms with Crippen molar-refractivity contribution in [3.8, 4) is 0 Å². The highest BCUT2D eigenvalue weighted by Gasteiger charge is 2.23. The van der Waals surface area contributed by atoms with E-state index in [0.717, 1.165) is 5.69 Å². The molecule has 0 saturated heterocycles. The summed E-state index contributed by atoms with van der Waals surface area (Å²) >= 11 is 1.26. The van der Waals surface area contributed by atoms with Crippen LogP contribution in [-0.2, 0) is 6.54 Å². The molecule has 0 bridgehead atoms. The maximum atomic E-state index is 13.5. The van der Waals surface area contributed by atoms with Gasteiger partial charge in [-0.15, -0.1) is 0 Å². The highest BCUT2D eigenvalue weighted by molar-refractivity contribution is 7.22. The van der Waals surface area contributed by atoms with Crippen LogP contribution < -0.4 is 4.90 Å². The molecule has 1 amide bonds. The Morgan fingerprint density at radius 3 is 2.96 bits per heavy atom. The van der Waals surface area contributed by atoms with Crippen LogP contribution in [0, 0.1) is 5.82 Å². The van der Waals surface area contributed by atoms with E-state index >= 15 is 0 Å². The molecule has 0 fully saturated rings. The number of H-pyrrole nitrogens is 1. The van der Waals surface area contributed by atoms with Crippen molar-refractivity contribution in [1.29, 1.82) is 0 Å². The summed E-state index contributed by atoms with van der Waals surface area (Å²) in [5.41, 5.74) is 1.71.